The van der Waals surface area contributed by atoms with Gasteiger partial charge >= 0.3 is 0 Å². The monoisotopic (exact) mass is 188 g/mol. The third kappa shape index (κ3) is 4.78. The molecule has 0 heterocycles. The fourth-order valence-electron chi connectivity index (χ4n) is 0.314. The molecule has 0 amide bonds. The van der Waals surface area contributed by atoms with Gasteiger partial charge in [-0.1, -0.05) is 11.8 Å². The molecule has 0 aliphatic heterocycles. The summed E-state index contributed by atoms with van der Waals surface area (Å²) in [5, 5.41) is 2.31. The van der Waals surface area contributed by atoms with E-state index in [9.17, 15) is 8.42 Å². The van der Waals surface area contributed by atoms with Crippen LogP contribution in [0.15, 0.2) is 0 Å². The zero-order valence-corrected chi connectivity index (χ0v) is 7.97. The fraction of sp³-hybridized carbons (Fsp3) is 0.429. The average molecular weight is 188 g/mol. The maximum atomic E-state index is 10.9. The highest BCUT2D eigenvalue weighted by Crippen LogP contribution is 1.88. The topological polar surface area (TPSA) is 34.1 Å². The summed E-state index contributed by atoms with van der Waals surface area (Å²) in [4.78, 5) is 0. The first kappa shape index (κ1) is 10.4. The zero-order valence-electron chi connectivity index (χ0n) is 6.34. The highest BCUT2D eigenvalue weighted by Gasteiger charge is 2.02. The molecule has 0 aromatic carbocycles. The van der Waals surface area contributed by atoms with Gasteiger partial charge in [0.2, 0.25) is 0 Å². The maximum absolute atomic E-state index is 10.9. The highest BCUT2D eigenvalue weighted by atomic mass is 33.1. The molecular formula is C7H8O2S2. The quantitative estimate of drug-likeness (QED) is 0.464. The Morgan fingerprint density at radius 3 is 2.27 bits per heavy atom. The normalized spacial score (nSPS) is 13.3. The Kier molecular flexibility index (Phi) is 5.83. The molecule has 0 saturated carbocycles. The van der Waals surface area contributed by atoms with Crippen LogP contribution in [0.5, 0.6) is 0 Å². The molecule has 0 aliphatic rings. The molecule has 0 radical (unpaired) electrons. The van der Waals surface area contributed by atoms with Crippen molar-refractivity contribution in [2.45, 2.75) is 13.8 Å². The zero-order chi connectivity index (χ0) is 8.69. The van der Waals surface area contributed by atoms with Crippen LogP contribution in [0.25, 0.3) is 0 Å². The van der Waals surface area contributed by atoms with Crippen LogP contribution in [0.2, 0.25) is 0 Å². The maximum Gasteiger partial charge on any atom is 0.189 e. The molecule has 0 spiro atoms. The number of hydrogen-bond acceptors (Lipinski definition) is 2. The molecule has 60 valence electrons. The predicted molar refractivity (Wildman–Crippen MR) is 48.1 cm³/mol. The Morgan fingerprint density at radius 2 is 1.82 bits per heavy atom. The van der Waals surface area contributed by atoms with Crippen molar-refractivity contribution in [3.05, 3.63) is 0 Å². The molecule has 0 aromatic rings. The van der Waals surface area contributed by atoms with Crippen molar-refractivity contribution in [2.75, 3.05) is 5.75 Å². The molecule has 0 N–H and O–H groups in total. The van der Waals surface area contributed by atoms with Crippen LogP contribution in [-0.2, 0) is 19.7 Å². The Morgan fingerprint density at radius 1 is 1.18 bits per heavy atom. The van der Waals surface area contributed by atoms with Gasteiger partial charge in [-0.2, -0.15) is 0 Å². The summed E-state index contributed by atoms with van der Waals surface area (Å²) in [6.45, 7) is 3.20. The Bertz CT molecular complexity index is 285. The van der Waals surface area contributed by atoms with Gasteiger partial charge in [0.05, 0.1) is 5.75 Å². The first-order valence-corrected chi connectivity index (χ1v) is 5.83. The van der Waals surface area contributed by atoms with E-state index < -0.39 is 19.7 Å². The standard InChI is InChI=1S/C7H8O2S2/c1-3-5-7-11(9)10(8)6-4-2/h7H2,1-2H3. The molecule has 2 unspecified atom stereocenters. The third-order valence-electron chi connectivity index (χ3n) is 0.721. The minimum Gasteiger partial charge on any atom is -0.243 e. The van der Waals surface area contributed by atoms with Crippen LogP contribution < -0.4 is 0 Å². The summed E-state index contributed by atoms with van der Waals surface area (Å²) in [5.41, 5.74) is 0. The summed E-state index contributed by atoms with van der Waals surface area (Å²) < 4.78 is 21.7. The number of rotatable bonds is 2. The van der Waals surface area contributed by atoms with Gasteiger partial charge in [-0.05, 0) is 13.8 Å². The molecule has 0 saturated heterocycles. The van der Waals surface area contributed by atoms with Crippen LogP contribution >= 0.6 is 0 Å². The van der Waals surface area contributed by atoms with E-state index in [0.29, 0.717) is 0 Å². The van der Waals surface area contributed by atoms with Gasteiger partial charge in [-0.15, -0.1) is 5.92 Å². The molecule has 4 heteroatoms. The van der Waals surface area contributed by atoms with Crippen molar-refractivity contribution in [3.8, 4) is 23.0 Å². The molecule has 0 aliphatic carbocycles. The van der Waals surface area contributed by atoms with E-state index in [1.54, 1.807) is 13.8 Å². The smallest absolute Gasteiger partial charge is 0.189 e. The third-order valence-corrected chi connectivity index (χ3v) is 3.43. The lowest BCUT2D eigenvalue weighted by molar-refractivity contribution is 0.681. The lowest BCUT2D eigenvalue weighted by Gasteiger charge is -1.85. The van der Waals surface area contributed by atoms with Crippen molar-refractivity contribution in [2.24, 2.45) is 0 Å². The Balaban J connectivity index is 4.08. The SMILES string of the molecule is CC#CCS(=O)S(=O)C#CC. The van der Waals surface area contributed by atoms with Crippen LogP contribution in [0.3, 0.4) is 0 Å². The molecule has 0 bridgehead atoms. The molecule has 0 rings (SSSR count). The molecule has 0 aromatic heterocycles. The first-order chi connectivity index (χ1) is 5.22. The molecule has 2 nitrogen and oxygen atoms in total. The van der Waals surface area contributed by atoms with Crippen LogP contribution in [0.1, 0.15) is 13.8 Å². The Hall–Kier alpha value is -0.580. The van der Waals surface area contributed by atoms with Gasteiger partial charge in [-0.25, -0.2) is 8.42 Å². The highest BCUT2D eigenvalue weighted by molar-refractivity contribution is 8.63. The lowest BCUT2D eigenvalue weighted by Crippen LogP contribution is -2.00. The summed E-state index contributed by atoms with van der Waals surface area (Å²) >= 11 is 0. The van der Waals surface area contributed by atoms with Gasteiger partial charge in [0.15, 0.2) is 9.83 Å². The lowest BCUT2D eigenvalue weighted by atomic mass is 10.7. The van der Waals surface area contributed by atoms with Gasteiger partial charge in [0, 0.05) is 5.25 Å². The van der Waals surface area contributed by atoms with Gasteiger partial charge in [0.25, 0.3) is 0 Å². The minimum absolute atomic E-state index is 0.137. The summed E-state index contributed by atoms with van der Waals surface area (Å²) in [5.74, 6) is 7.72. The number of hydrogen-bond donors (Lipinski definition) is 0. The van der Waals surface area contributed by atoms with E-state index in [1.165, 1.54) is 0 Å². The van der Waals surface area contributed by atoms with Crippen molar-refractivity contribution in [1.29, 1.82) is 0 Å². The molecule has 0 fully saturated rings. The molecule has 2 atom stereocenters. The average Bonchev–Trinajstić information content (AvgIpc) is 2.00. The summed E-state index contributed by atoms with van der Waals surface area (Å²) in [7, 11) is -3.00. The summed E-state index contributed by atoms with van der Waals surface area (Å²) in [6.07, 6.45) is 0. The van der Waals surface area contributed by atoms with Crippen molar-refractivity contribution < 1.29 is 8.42 Å². The van der Waals surface area contributed by atoms with E-state index in [1.807, 2.05) is 0 Å². The van der Waals surface area contributed by atoms with Crippen LogP contribution in [0.4, 0.5) is 0 Å². The van der Waals surface area contributed by atoms with Gasteiger partial charge in [-0.3, -0.25) is 0 Å². The Labute approximate surface area is 71.1 Å². The predicted octanol–water partition coefficient (Wildman–Crippen LogP) is 0.403. The van der Waals surface area contributed by atoms with Crippen LogP contribution in [-0.4, -0.2) is 14.2 Å². The second kappa shape index (κ2) is 6.15. The van der Waals surface area contributed by atoms with Crippen molar-refractivity contribution >= 4 is 19.7 Å². The second-order valence-corrected chi connectivity index (χ2v) is 5.05. The largest absolute Gasteiger partial charge is 0.243 e. The minimum atomic E-state index is -1.56. The second-order valence-electron chi connectivity index (χ2n) is 1.46. The fourth-order valence-corrected chi connectivity index (χ4v) is 1.97. The van der Waals surface area contributed by atoms with E-state index in [2.05, 4.69) is 23.0 Å². The molecule has 11 heavy (non-hydrogen) atoms. The first-order valence-electron chi connectivity index (χ1n) is 2.85. The van der Waals surface area contributed by atoms with E-state index in [-0.39, 0.29) is 5.75 Å². The van der Waals surface area contributed by atoms with E-state index >= 15 is 0 Å². The van der Waals surface area contributed by atoms with Crippen LogP contribution in [0, 0.1) is 23.0 Å². The summed E-state index contributed by atoms with van der Waals surface area (Å²) in [6, 6.07) is 0. The van der Waals surface area contributed by atoms with Gasteiger partial charge < -0.3 is 0 Å². The molecular weight excluding hydrogens is 180 g/mol. The van der Waals surface area contributed by atoms with Gasteiger partial charge in [0.1, 0.15) is 9.83 Å². The van der Waals surface area contributed by atoms with Crippen molar-refractivity contribution in [1.82, 2.24) is 0 Å². The van der Waals surface area contributed by atoms with Crippen molar-refractivity contribution in [3.63, 3.8) is 0 Å². The van der Waals surface area contributed by atoms with E-state index in [4.69, 9.17) is 0 Å². The van der Waals surface area contributed by atoms with E-state index in [0.717, 1.165) is 0 Å².